The minimum Gasteiger partial charge on any atom is -0.399 e. The summed E-state index contributed by atoms with van der Waals surface area (Å²) in [6, 6.07) is 5.21. The van der Waals surface area contributed by atoms with Gasteiger partial charge < -0.3 is 20.9 Å². The molecule has 0 aliphatic carbocycles. The van der Waals surface area contributed by atoms with Gasteiger partial charge in [-0.1, -0.05) is 0 Å². The van der Waals surface area contributed by atoms with Gasteiger partial charge in [-0.15, -0.1) is 0 Å². The quantitative estimate of drug-likeness (QED) is 0.651. The highest BCUT2D eigenvalue weighted by atomic mass is 16.5. The molecule has 5 heteroatoms. The third kappa shape index (κ3) is 4.73. The molecule has 4 N–H and O–H groups in total. The summed E-state index contributed by atoms with van der Waals surface area (Å²) in [6.45, 7) is 2.56. The van der Waals surface area contributed by atoms with E-state index in [-0.39, 0.29) is 12.5 Å². The molecule has 1 aromatic rings. The Hall–Kier alpha value is -1.59. The van der Waals surface area contributed by atoms with Crippen LogP contribution in [0.2, 0.25) is 0 Å². The molecule has 1 atom stereocenters. The van der Waals surface area contributed by atoms with Crippen molar-refractivity contribution < 1.29 is 14.6 Å². The first-order valence-corrected chi connectivity index (χ1v) is 5.85. The van der Waals surface area contributed by atoms with Crippen molar-refractivity contribution in [3.05, 3.63) is 29.3 Å². The summed E-state index contributed by atoms with van der Waals surface area (Å²) in [7, 11) is 1.53. The fraction of sp³-hybridized carbons (Fsp3) is 0.462. The topological polar surface area (TPSA) is 84.6 Å². The summed E-state index contributed by atoms with van der Waals surface area (Å²) in [5.74, 6) is -0.185. The Labute approximate surface area is 107 Å². The van der Waals surface area contributed by atoms with Crippen LogP contribution in [0.1, 0.15) is 22.3 Å². The van der Waals surface area contributed by atoms with Crippen LogP contribution in [0.15, 0.2) is 18.2 Å². The number of nitrogens with one attached hydrogen (secondary N) is 1. The molecule has 1 aromatic carbocycles. The largest absolute Gasteiger partial charge is 0.399 e. The number of anilines is 1. The van der Waals surface area contributed by atoms with E-state index in [2.05, 4.69) is 5.32 Å². The van der Waals surface area contributed by atoms with Crippen LogP contribution in [0.4, 0.5) is 5.69 Å². The molecule has 1 rings (SSSR count). The number of carbonyl (C=O) groups excluding carboxylic acids is 1. The average molecular weight is 252 g/mol. The Morgan fingerprint density at radius 1 is 1.50 bits per heavy atom. The number of amides is 1. The number of hydrogen-bond donors (Lipinski definition) is 3. The standard InChI is InChI=1S/C13H20N2O3/c1-9-5-10(7-11(14)6-9)13(17)15-4-3-12(16)8-18-2/h5-7,12,16H,3-4,8,14H2,1-2H3,(H,15,17). The molecule has 1 amide bonds. The van der Waals surface area contributed by atoms with Crippen LogP contribution in [-0.2, 0) is 4.74 Å². The zero-order chi connectivity index (χ0) is 13.5. The van der Waals surface area contributed by atoms with Gasteiger partial charge >= 0.3 is 0 Å². The first-order chi connectivity index (χ1) is 8.52. The monoisotopic (exact) mass is 252 g/mol. The van der Waals surface area contributed by atoms with Crippen LogP contribution in [0.3, 0.4) is 0 Å². The third-order valence-corrected chi connectivity index (χ3v) is 2.48. The molecule has 0 aromatic heterocycles. The number of rotatable bonds is 6. The first-order valence-electron chi connectivity index (χ1n) is 5.85. The van der Waals surface area contributed by atoms with Crippen molar-refractivity contribution in [3.63, 3.8) is 0 Å². The van der Waals surface area contributed by atoms with Crippen molar-refractivity contribution in [2.24, 2.45) is 0 Å². The van der Waals surface area contributed by atoms with E-state index in [0.717, 1.165) is 5.56 Å². The zero-order valence-electron chi connectivity index (χ0n) is 10.8. The molecular formula is C13H20N2O3. The van der Waals surface area contributed by atoms with Crippen LogP contribution in [0.5, 0.6) is 0 Å². The number of aliphatic hydroxyl groups excluding tert-OH is 1. The summed E-state index contributed by atoms with van der Waals surface area (Å²) >= 11 is 0. The molecule has 0 radical (unpaired) electrons. The van der Waals surface area contributed by atoms with E-state index in [1.165, 1.54) is 7.11 Å². The molecule has 1 unspecified atom stereocenters. The zero-order valence-corrected chi connectivity index (χ0v) is 10.8. The van der Waals surface area contributed by atoms with Crippen molar-refractivity contribution in [1.29, 1.82) is 0 Å². The predicted molar refractivity (Wildman–Crippen MR) is 70.4 cm³/mol. The number of hydrogen-bond acceptors (Lipinski definition) is 4. The van der Waals surface area contributed by atoms with Gasteiger partial charge in [-0.3, -0.25) is 4.79 Å². The Morgan fingerprint density at radius 2 is 2.22 bits per heavy atom. The number of nitrogens with two attached hydrogens (primary N) is 1. The number of aliphatic hydroxyl groups is 1. The molecule has 0 saturated carbocycles. The van der Waals surface area contributed by atoms with Gasteiger partial charge in [0, 0.05) is 24.9 Å². The predicted octanol–water partition coefficient (Wildman–Crippen LogP) is 0.704. The molecule has 0 aliphatic rings. The molecule has 0 heterocycles. The summed E-state index contributed by atoms with van der Waals surface area (Å²) in [5, 5.41) is 12.2. The molecule has 18 heavy (non-hydrogen) atoms. The molecule has 0 bridgehead atoms. The van der Waals surface area contributed by atoms with E-state index >= 15 is 0 Å². The first kappa shape index (κ1) is 14.5. The van der Waals surface area contributed by atoms with Crippen molar-refractivity contribution in [2.75, 3.05) is 26.0 Å². The second kappa shape index (κ2) is 6.98. The van der Waals surface area contributed by atoms with Gasteiger partial charge in [-0.25, -0.2) is 0 Å². The minimum absolute atomic E-state index is 0.185. The van der Waals surface area contributed by atoms with Crippen LogP contribution in [-0.4, -0.2) is 37.4 Å². The van der Waals surface area contributed by atoms with E-state index in [4.69, 9.17) is 10.5 Å². The van der Waals surface area contributed by atoms with Crippen LogP contribution < -0.4 is 11.1 Å². The number of methoxy groups -OCH3 is 1. The number of benzene rings is 1. The molecule has 0 aliphatic heterocycles. The Balaban J connectivity index is 2.45. The maximum absolute atomic E-state index is 11.8. The summed E-state index contributed by atoms with van der Waals surface area (Å²) < 4.78 is 4.80. The lowest BCUT2D eigenvalue weighted by atomic mass is 10.1. The Bertz CT molecular complexity index is 387. The third-order valence-electron chi connectivity index (χ3n) is 2.48. The fourth-order valence-electron chi connectivity index (χ4n) is 1.67. The van der Waals surface area contributed by atoms with E-state index in [1.54, 1.807) is 18.2 Å². The smallest absolute Gasteiger partial charge is 0.251 e. The van der Waals surface area contributed by atoms with Gasteiger partial charge in [0.2, 0.25) is 0 Å². The van der Waals surface area contributed by atoms with Crippen molar-refractivity contribution in [2.45, 2.75) is 19.4 Å². The van der Waals surface area contributed by atoms with Gasteiger partial charge in [-0.05, 0) is 37.1 Å². The number of aryl methyl sites for hydroxylation is 1. The van der Waals surface area contributed by atoms with E-state index < -0.39 is 6.10 Å². The maximum atomic E-state index is 11.8. The van der Waals surface area contributed by atoms with Gasteiger partial charge in [0.25, 0.3) is 5.91 Å². The Morgan fingerprint density at radius 3 is 2.83 bits per heavy atom. The SMILES string of the molecule is COCC(O)CCNC(=O)c1cc(C)cc(N)c1. The van der Waals surface area contributed by atoms with Gasteiger partial charge in [-0.2, -0.15) is 0 Å². The highest BCUT2D eigenvalue weighted by Crippen LogP contribution is 2.11. The van der Waals surface area contributed by atoms with Gasteiger partial charge in [0.1, 0.15) is 0 Å². The van der Waals surface area contributed by atoms with E-state index in [1.807, 2.05) is 6.92 Å². The second-order valence-corrected chi connectivity index (χ2v) is 4.29. The molecule has 0 spiro atoms. The van der Waals surface area contributed by atoms with Crippen LogP contribution >= 0.6 is 0 Å². The van der Waals surface area contributed by atoms with Crippen molar-refractivity contribution in [3.8, 4) is 0 Å². The van der Waals surface area contributed by atoms with Crippen LogP contribution in [0.25, 0.3) is 0 Å². The van der Waals surface area contributed by atoms with Crippen molar-refractivity contribution >= 4 is 11.6 Å². The number of carbonyl (C=O) groups is 1. The van der Waals surface area contributed by atoms with Crippen LogP contribution in [0, 0.1) is 6.92 Å². The molecular weight excluding hydrogens is 232 g/mol. The molecule has 100 valence electrons. The lowest BCUT2D eigenvalue weighted by Gasteiger charge is -2.10. The fourth-order valence-corrected chi connectivity index (χ4v) is 1.67. The van der Waals surface area contributed by atoms with E-state index in [0.29, 0.717) is 24.2 Å². The number of ether oxygens (including phenoxy) is 1. The highest BCUT2D eigenvalue weighted by Gasteiger charge is 2.08. The van der Waals surface area contributed by atoms with E-state index in [9.17, 15) is 9.90 Å². The lowest BCUT2D eigenvalue weighted by molar-refractivity contribution is 0.0587. The second-order valence-electron chi connectivity index (χ2n) is 4.29. The molecule has 0 fully saturated rings. The maximum Gasteiger partial charge on any atom is 0.251 e. The summed E-state index contributed by atoms with van der Waals surface area (Å²) in [6.07, 6.45) is -0.0983. The normalized spacial score (nSPS) is 12.2. The van der Waals surface area contributed by atoms with Gasteiger partial charge in [0.15, 0.2) is 0 Å². The number of nitrogen functional groups attached to an aromatic ring is 1. The van der Waals surface area contributed by atoms with Crippen molar-refractivity contribution in [1.82, 2.24) is 5.32 Å². The minimum atomic E-state index is -0.558. The molecule has 5 nitrogen and oxygen atoms in total. The lowest BCUT2D eigenvalue weighted by Crippen LogP contribution is -2.28. The average Bonchev–Trinajstić information content (AvgIpc) is 2.27. The van der Waals surface area contributed by atoms with Gasteiger partial charge in [0.05, 0.1) is 12.7 Å². The summed E-state index contributed by atoms with van der Waals surface area (Å²) in [5.41, 5.74) is 7.73. The molecule has 0 saturated heterocycles. The highest BCUT2D eigenvalue weighted by molar-refractivity contribution is 5.95. The Kier molecular flexibility index (Phi) is 5.61. The summed E-state index contributed by atoms with van der Waals surface area (Å²) in [4.78, 5) is 11.8.